The summed E-state index contributed by atoms with van der Waals surface area (Å²) in [6, 6.07) is 7.14. The van der Waals surface area contributed by atoms with Gasteiger partial charge in [0, 0.05) is 23.9 Å². The number of fused-ring (bicyclic) bond motifs is 1. The molecular weight excluding hydrogens is 433 g/mol. The van der Waals surface area contributed by atoms with E-state index in [0.29, 0.717) is 23.9 Å². The number of rotatable bonds is 4. The van der Waals surface area contributed by atoms with E-state index in [9.17, 15) is 31.9 Å². The van der Waals surface area contributed by atoms with Crippen LogP contribution in [0.2, 0.25) is 0 Å². The number of hydrogen-bond donors (Lipinski definition) is 2. The quantitative estimate of drug-likeness (QED) is 0.590. The van der Waals surface area contributed by atoms with Gasteiger partial charge in [0.15, 0.2) is 5.60 Å². The molecule has 3 aromatic rings. The van der Waals surface area contributed by atoms with Gasteiger partial charge in [-0.2, -0.15) is 13.2 Å². The van der Waals surface area contributed by atoms with Crippen LogP contribution in [0, 0.1) is 11.6 Å². The van der Waals surface area contributed by atoms with Crippen LogP contribution in [-0.4, -0.2) is 27.2 Å². The molecule has 1 aromatic carbocycles. The molecule has 1 atom stereocenters. The highest BCUT2D eigenvalue weighted by atomic mass is 19.4. The van der Waals surface area contributed by atoms with Crippen LogP contribution in [0.15, 0.2) is 42.6 Å². The van der Waals surface area contributed by atoms with E-state index in [4.69, 9.17) is 0 Å². The Morgan fingerprint density at radius 3 is 2.38 bits per heavy atom. The lowest BCUT2D eigenvalue weighted by Crippen LogP contribution is -2.39. The molecule has 10 heteroatoms. The molecule has 3 heterocycles. The van der Waals surface area contributed by atoms with Gasteiger partial charge >= 0.3 is 6.18 Å². The van der Waals surface area contributed by atoms with E-state index in [-0.39, 0.29) is 29.8 Å². The Morgan fingerprint density at radius 2 is 1.78 bits per heavy atom. The first-order valence-corrected chi connectivity index (χ1v) is 9.49. The molecule has 1 aliphatic rings. The van der Waals surface area contributed by atoms with Crippen LogP contribution in [0.3, 0.4) is 0 Å². The molecule has 0 fully saturated rings. The standard InChI is InChI=1S/C22H16F5N3O2/c1-21(32,22(25,26)27)12-5-6-13(28-9-12)7-11-8-16(19-14(23)3-2-4-15(19)24)30-17-10-29-20(31)18(11)17/h2-6,8-9,32H,7,10H2,1H3,(H,29,31)/t21-/m0/s1. The molecule has 0 unspecified atom stereocenters. The number of carbonyl (C=O) groups is 1. The number of aromatic nitrogens is 2. The van der Waals surface area contributed by atoms with E-state index in [0.717, 1.165) is 24.4 Å². The number of nitrogens with zero attached hydrogens (tertiary/aromatic N) is 2. The van der Waals surface area contributed by atoms with Gasteiger partial charge < -0.3 is 10.4 Å². The Labute approximate surface area is 179 Å². The van der Waals surface area contributed by atoms with E-state index in [2.05, 4.69) is 15.3 Å². The van der Waals surface area contributed by atoms with E-state index in [1.165, 1.54) is 18.2 Å². The highest BCUT2D eigenvalue weighted by Gasteiger charge is 2.51. The van der Waals surface area contributed by atoms with Crippen LogP contribution < -0.4 is 5.32 Å². The topological polar surface area (TPSA) is 75.1 Å². The molecule has 0 radical (unpaired) electrons. The zero-order valence-electron chi connectivity index (χ0n) is 16.6. The number of aliphatic hydroxyl groups is 1. The molecular formula is C22H16F5N3O2. The van der Waals surface area contributed by atoms with Crippen molar-refractivity contribution in [2.75, 3.05) is 0 Å². The van der Waals surface area contributed by atoms with Crippen molar-refractivity contribution in [1.29, 1.82) is 0 Å². The third-order valence-electron chi connectivity index (χ3n) is 5.35. The third-order valence-corrected chi connectivity index (χ3v) is 5.35. The predicted molar refractivity (Wildman–Crippen MR) is 103 cm³/mol. The second-order valence-corrected chi connectivity index (χ2v) is 7.55. The molecule has 2 aromatic heterocycles. The summed E-state index contributed by atoms with van der Waals surface area (Å²) in [5, 5.41) is 12.4. The largest absolute Gasteiger partial charge is 0.421 e. The van der Waals surface area contributed by atoms with Gasteiger partial charge in [0.25, 0.3) is 5.91 Å². The fourth-order valence-electron chi connectivity index (χ4n) is 3.50. The zero-order valence-corrected chi connectivity index (χ0v) is 16.6. The molecule has 166 valence electrons. The van der Waals surface area contributed by atoms with E-state index >= 15 is 0 Å². The average Bonchev–Trinajstić information content (AvgIpc) is 3.08. The molecule has 0 spiro atoms. The Morgan fingerprint density at radius 1 is 1.09 bits per heavy atom. The van der Waals surface area contributed by atoms with Gasteiger partial charge in [0.2, 0.25) is 0 Å². The number of carbonyl (C=O) groups excluding carboxylic acids is 1. The maximum Gasteiger partial charge on any atom is 0.421 e. The van der Waals surface area contributed by atoms with Crippen molar-refractivity contribution in [1.82, 2.24) is 15.3 Å². The Bertz CT molecular complexity index is 1190. The summed E-state index contributed by atoms with van der Waals surface area (Å²) < 4.78 is 67.7. The summed E-state index contributed by atoms with van der Waals surface area (Å²) in [5.74, 6) is -2.06. The first-order valence-electron chi connectivity index (χ1n) is 9.49. The highest BCUT2D eigenvalue weighted by Crippen LogP contribution is 2.38. The monoisotopic (exact) mass is 449 g/mol. The van der Waals surface area contributed by atoms with Crippen LogP contribution in [-0.2, 0) is 18.6 Å². The van der Waals surface area contributed by atoms with Crippen LogP contribution in [0.5, 0.6) is 0 Å². The maximum absolute atomic E-state index is 14.3. The zero-order chi connectivity index (χ0) is 23.3. The maximum atomic E-state index is 14.3. The lowest BCUT2D eigenvalue weighted by molar-refractivity contribution is -0.259. The fraction of sp³-hybridized carbons (Fsp3) is 0.227. The second kappa shape index (κ2) is 7.63. The molecule has 32 heavy (non-hydrogen) atoms. The van der Waals surface area contributed by atoms with E-state index < -0.39 is 34.9 Å². The number of alkyl halides is 3. The van der Waals surface area contributed by atoms with Gasteiger partial charge in [-0.1, -0.05) is 12.1 Å². The minimum atomic E-state index is -4.89. The Hall–Kier alpha value is -3.40. The van der Waals surface area contributed by atoms with Crippen molar-refractivity contribution in [2.24, 2.45) is 0 Å². The molecule has 4 rings (SSSR count). The van der Waals surface area contributed by atoms with Gasteiger partial charge in [-0.15, -0.1) is 0 Å². The van der Waals surface area contributed by atoms with Crippen LogP contribution in [0.4, 0.5) is 22.0 Å². The number of halogens is 5. The number of nitrogens with one attached hydrogen (secondary N) is 1. The normalized spacial score (nSPS) is 15.3. The van der Waals surface area contributed by atoms with Crippen molar-refractivity contribution >= 4 is 5.91 Å². The molecule has 2 N–H and O–H groups in total. The summed E-state index contributed by atoms with van der Waals surface area (Å²) in [7, 11) is 0. The summed E-state index contributed by atoms with van der Waals surface area (Å²) in [6.45, 7) is 0.699. The molecule has 5 nitrogen and oxygen atoms in total. The summed E-state index contributed by atoms with van der Waals surface area (Å²) in [6.07, 6.45) is -3.99. The summed E-state index contributed by atoms with van der Waals surface area (Å²) in [5.41, 5.74) is -2.68. The average molecular weight is 449 g/mol. The predicted octanol–water partition coefficient (Wildman–Crippen LogP) is 4.03. The van der Waals surface area contributed by atoms with Crippen LogP contribution in [0.25, 0.3) is 11.3 Å². The van der Waals surface area contributed by atoms with Crippen molar-refractivity contribution in [2.45, 2.75) is 31.7 Å². The van der Waals surface area contributed by atoms with Crippen molar-refractivity contribution in [3.05, 3.63) is 82.3 Å². The van der Waals surface area contributed by atoms with Gasteiger partial charge in [-0.3, -0.25) is 9.78 Å². The molecule has 0 saturated carbocycles. The van der Waals surface area contributed by atoms with E-state index in [1.807, 2.05) is 0 Å². The van der Waals surface area contributed by atoms with E-state index in [1.54, 1.807) is 0 Å². The van der Waals surface area contributed by atoms with Gasteiger partial charge in [-0.25, -0.2) is 13.8 Å². The van der Waals surface area contributed by atoms with Gasteiger partial charge in [-0.05, 0) is 36.8 Å². The first-order chi connectivity index (χ1) is 15.0. The molecule has 1 amide bonds. The SMILES string of the molecule is C[C@](O)(c1ccc(Cc2cc(-c3c(F)cccc3F)nc3c2C(=O)NC3)nc1)C(F)(F)F. The first kappa shape index (κ1) is 21.8. The molecule has 0 saturated heterocycles. The van der Waals surface area contributed by atoms with Gasteiger partial charge in [0.1, 0.15) is 11.6 Å². The molecule has 0 aliphatic carbocycles. The minimum absolute atomic E-state index is 0.00418. The second-order valence-electron chi connectivity index (χ2n) is 7.55. The molecule has 0 bridgehead atoms. The van der Waals surface area contributed by atoms with Crippen LogP contribution in [0.1, 0.15) is 39.8 Å². The minimum Gasteiger partial charge on any atom is -0.376 e. The number of benzene rings is 1. The van der Waals surface area contributed by atoms with Gasteiger partial charge in [0.05, 0.1) is 29.1 Å². The number of pyridine rings is 2. The number of hydrogen-bond acceptors (Lipinski definition) is 4. The summed E-state index contributed by atoms with van der Waals surface area (Å²) >= 11 is 0. The third kappa shape index (κ3) is 3.70. The van der Waals surface area contributed by atoms with Crippen LogP contribution >= 0.6 is 0 Å². The smallest absolute Gasteiger partial charge is 0.376 e. The Balaban J connectivity index is 1.74. The lowest BCUT2D eigenvalue weighted by Gasteiger charge is -2.26. The Kier molecular flexibility index (Phi) is 5.20. The van der Waals surface area contributed by atoms with Crippen molar-refractivity contribution in [3.63, 3.8) is 0 Å². The number of amides is 1. The fourth-order valence-corrected chi connectivity index (χ4v) is 3.50. The highest BCUT2D eigenvalue weighted by molar-refractivity contribution is 5.99. The molecule has 1 aliphatic heterocycles. The van der Waals surface area contributed by atoms with Crippen molar-refractivity contribution < 1.29 is 31.9 Å². The lowest BCUT2D eigenvalue weighted by atomic mass is 9.95. The summed E-state index contributed by atoms with van der Waals surface area (Å²) in [4.78, 5) is 20.5. The van der Waals surface area contributed by atoms with Crippen molar-refractivity contribution in [3.8, 4) is 11.3 Å².